The Labute approximate surface area is 89.6 Å². The minimum absolute atomic E-state index is 0.0194. The molecule has 2 aliphatic rings. The fraction of sp³-hybridized carbons (Fsp3) is 0.727. The molecule has 0 bridgehead atoms. The average molecular weight is 211 g/mol. The summed E-state index contributed by atoms with van der Waals surface area (Å²) in [6.45, 7) is 4.07. The summed E-state index contributed by atoms with van der Waals surface area (Å²) in [4.78, 5) is 11.2. The molecule has 0 spiro atoms. The Kier molecular flexibility index (Phi) is 3.26. The number of nitrogens with one attached hydrogen (secondary N) is 1. The fourth-order valence-electron chi connectivity index (χ4n) is 2.31. The number of rotatable bonds is 2. The minimum Gasteiger partial charge on any atom is -0.435 e. The van der Waals surface area contributed by atoms with Crippen LogP contribution in [0.4, 0.5) is 4.79 Å². The van der Waals surface area contributed by atoms with E-state index in [9.17, 15) is 4.79 Å². The zero-order valence-electron chi connectivity index (χ0n) is 8.94. The lowest BCUT2D eigenvalue weighted by Crippen LogP contribution is -2.33. The lowest BCUT2D eigenvalue weighted by atomic mass is 9.84. The monoisotopic (exact) mass is 211 g/mol. The Hall–Kier alpha value is -1.03. The van der Waals surface area contributed by atoms with Gasteiger partial charge in [0, 0.05) is 25.4 Å². The number of fused-ring (bicyclic) bond motifs is 1. The molecule has 1 aliphatic carbocycles. The first-order valence-corrected chi connectivity index (χ1v) is 5.52. The Balaban J connectivity index is 1.91. The van der Waals surface area contributed by atoms with Gasteiger partial charge in [-0.2, -0.15) is 0 Å². The molecule has 1 saturated heterocycles. The molecule has 84 valence electrons. The van der Waals surface area contributed by atoms with Crippen LogP contribution in [-0.2, 0) is 9.47 Å². The first-order chi connectivity index (χ1) is 7.31. The fourth-order valence-corrected chi connectivity index (χ4v) is 2.31. The van der Waals surface area contributed by atoms with Gasteiger partial charge in [-0.25, -0.2) is 4.79 Å². The van der Waals surface area contributed by atoms with Crippen LogP contribution in [0.25, 0.3) is 0 Å². The molecule has 4 heteroatoms. The summed E-state index contributed by atoms with van der Waals surface area (Å²) in [5, 5.41) is 3.32. The van der Waals surface area contributed by atoms with E-state index < -0.39 is 6.16 Å². The lowest BCUT2D eigenvalue weighted by molar-refractivity contribution is 0.00182. The number of hydrogen-bond acceptors (Lipinski definition) is 4. The van der Waals surface area contributed by atoms with E-state index in [2.05, 4.69) is 17.5 Å². The number of hydrogen-bond donors (Lipinski definition) is 1. The van der Waals surface area contributed by atoms with Gasteiger partial charge in [-0.05, 0) is 12.8 Å². The third kappa shape index (κ3) is 2.31. The molecule has 0 aromatic heterocycles. The SMILES string of the molecule is CCOC(=O)OC1CC=CC2CNCC21. The molecule has 1 fully saturated rings. The molecule has 0 radical (unpaired) electrons. The van der Waals surface area contributed by atoms with Gasteiger partial charge in [0.1, 0.15) is 6.10 Å². The number of carbonyl (C=O) groups excluding carboxylic acids is 1. The van der Waals surface area contributed by atoms with Crippen molar-refractivity contribution in [3.8, 4) is 0 Å². The van der Waals surface area contributed by atoms with E-state index in [0.29, 0.717) is 18.4 Å². The highest BCUT2D eigenvalue weighted by atomic mass is 16.7. The van der Waals surface area contributed by atoms with Crippen LogP contribution in [0.2, 0.25) is 0 Å². The van der Waals surface area contributed by atoms with Crippen molar-refractivity contribution in [2.24, 2.45) is 11.8 Å². The maximum absolute atomic E-state index is 11.2. The molecular formula is C11H17NO3. The maximum Gasteiger partial charge on any atom is 0.508 e. The highest BCUT2D eigenvalue weighted by molar-refractivity contribution is 5.60. The summed E-state index contributed by atoms with van der Waals surface area (Å²) in [6.07, 6.45) is 4.56. The van der Waals surface area contributed by atoms with Gasteiger partial charge in [-0.1, -0.05) is 12.2 Å². The molecule has 1 heterocycles. The van der Waals surface area contributed by atoms with Gasteiger partial charge in [0.15, 0.2) is 0 Å². The van der Waals surface area contributed by atoms with Crippen LogP contribution in [-0.4, -0.2) is 32.0 Å². The third-order valence-electron chi connectivity index (χ3n) is 3.05. The van der Waals surface area contributed by atoms with Crippen LogP contribution in [0.5, 0.6) is 0 Å². The Bertz CT molecular complexity index is 265. The van der Waals surface area contributed by atoms with Gasteiger partial charge < -0.3 is 14.8 Å². The van der Waals surface area contributed by atoms with Crippen molar-refractivity contribution in [3.05, 3.63) is 12.2 Å². The minimum atomic E-state index is -0.538. The predicted molar refractivity (Wildman–Crippen MR) is 55.5 cm³/mol. The summed E-state index contributed by atoms with van der Waals surface area (Å²) in [5.74, 6) is 0.928. The molecule has 3 atom stereocenters. The van der Waals surface area contributed by atoms with E-state index in [1.807, 2.05) is 0 Å². The van der Waals surface area contributed by atoms with E-state index in [-0.39, 0.29) is 6.10 Å². The number of carbonyl (C=O) groups is 1. The van der Waals surface area contributed by atoms with Gasteiger partial charge in [0.05, 0.1) is 6.61 Å². The molecule has 3 unspecified atom stereocenters. The van der Waals surface area contributed by atoms with Crippen LogP contribution in [0.3, 0.4) is 0 Å². The second-order valence-corrected chi connectivity index (χ2v) is 3.99. The second-order valence-electron chi connectivity index (χ2n) is 3.99. The van der Waals surface area contributed by atoms with Crippen molar-refractivity contribution < 1.29 is 14.3 Å². The summed E-state index contributed by atoms with van der Waals surface area (Å²) in [6, 6.07) is 0. The van der Waals surface area contributed by atoms with Gasteiger partial charge >= 0.3 is 6.16 Å². The van der Waals surface area contributed by atoms with E-state index in [1.54, 1.807) is 6.92 Å². The summed E-state index contributed by atoms with van der Waals surface area (Å²) < 4.78 is 10.1. The van der Waals surface area contributed by atoms with Crippen LogP contribution >= 0.6 is 0 Å². The van der Waals surface area contributed by atoms with E-state index >= 15 is 0 Å². The van der Waals surface area contributed by atoms with Crippen molar-refractivity contribution in [2.75, 3.05) is 19.7 Å². The Morgan fingerprint density at radius 3 is 3.20 bits per heavy atom. The number of ether oxygens (including phenoxy) is 2. The van der Waals surface area contributed by atoms with Crippen molar-refractivity contribution >= 4 is 6.16 Å². The summed E-state index contributed by atoms with van der Waals surface area (Å²) >= 11 is 0. The molecular weight excluding hydrogens is 194 g/mol. The van der Waals surface area contributed by atoms with Gasteiger partial charge in [0.2, 0.25) is 0 Å². The highest BCUT2D eigenvalue weighted by Crippen LogP contribution is 2.30. The quantitative estimate of drug-likeness (QED) is 0.553. The third-order valence-corrected chi connectivity index (χ3v) is 3.05. The van der Waals surface area contributed by atoms with Gasteiger partial charge in [0.25, 0.3) is 0 Å². The van der Waals surface area contributed by atoms with Crippen molar-refractivity contribution in [1.29, 1.82) is 0 Å². The van der Waals surface area contributed by atoms with Crippen LogP contribution in [0, 0.1) is 11.8 Å². The maximum atomic E-state index is 11.2. The van der Waals surface area contributed by atoms with Crippen LogP contribution in [0.15, 0.2) is 12.2 Å². The van der Waals surface area contributed by atoms with E-state index in [1.165, 1.54) is 0 Å². The Morgan fingerprint density at radius 1 is 1.53 bits per heavy atom. The van der Waals surface area contributed by atoms with Crippen molar-refractivity contribution in [2.45, 2.75) is 19.4 Å². The standard InChI is InChI=1S/C11H17NO3/c1-2-14-11(13)15-10-5-3-4-8-6-12-7-9(8)10/h3-4,8-10,12H,2,5-7H2,1H3. The zero-order chi connectivity index (χ0) is 10.7. The van der Waals surface area contributed by atoms with Crippen LogP contribution in [0.1, 0.15) is 13.3 Å². The highest BCUT2D eigenvalue weighted by Gasteiger charge is 2.36. The second kappa shape index (κ2) is 4.66. The molecule has 1 aliphatic heterocycles. The molecule has 0 amide bonds. The van der Waals surface area contributed by atoms with Crippen molar-refractivity contribution in [3.63, 3.8) is 0 Å². The molecule has 1 N–H and O–H groups in total. The van der Waals surface area contributed by atoms with Gasteiger partial charge in [-0.3, -0.25) is 0 Å². The zero-order valence-corrected chi connectivity index (χ0v) is 8.94. The first-order valence-electron chi connectivity index (χ1n) is 5.52. The lowest BCUT2D eigenvalue weighted by Gasteiger charge is -2.28. The first kappa shape index (κ1) is 10.5. The average Bonchev–Trinajstić information content (AvgIpc) is 2.67. The molecule has 0 aromatic rings. The normalized spacial score (nSPS) is 33.5. The molecule has 15 heavy (non-hydrogen) atoms. The molecule has 0 saturated carbocycles. The molecule has 0 aromatic carbocycles. The van der Waals surface area contributed by atoms with Crippen molar-refractivity contribution in [1.82, 2.24) is 5.32 Å². The molecule has 2 rings (SSSR count). The smallest absolute Gasteiger partial charge is 0.435 e. The predicted octanol–water partition coefficient (Wildman–Crippen LogP) is 1.32. The summed E-state index contributed by atoms with van der Waals surface area (Å²) in [5.41, 5.74) is 0. The summed E-state index contributed by atoms with van der Waals surface area (Å²) in [7, 11) is 0. The van der Waals surface area contributed by atoms with Crippen LogP contribution < -0.4 is 5.32 Å². The van der Waals surface area contributed by atoms with E-state index in [0.717, 1.165) is 19.5 Å². The molecule has 4 nitrogen and oxygen atoms in total. The Morgan fingerprint density at radius 2 is 2.40 bits per heavy atom. The largest absolute Gasteiger partial charge is 0.508 e. The van der Waals surface area contributed by atoms with Gasteiger partial charge in [-0.15, -0.1) is 0 Å². The van der Waals surface area contributed by atoms with E-state index in [4.69, 9.17) is 9.47 Å². The topological polar surface area (TPSA) is 47.6 Å².